The van der Waals surface area contributed by atoms with E-state index in [0.717, 1.165) is 29.9 Å². The molecule has 4 nitrogen and oxygen atoms in total. The van der Waals surface area contributed by atoms with E-state index >= 15 is 0 Å². The van der Waals surface area contributed by atoms with Crippen LogP contribution in [0, 0.1) is 0 Å². The molecule has 1 unspecified atom stereocenters. The molecule has 3 aromatic rings. The van der Waals surface area contributed by atoms with E-state index in [0.29, 0.717) is 0 Å². The first-order valence-electron chi connectivity index (χ1n) is 6.92. The fourth-order valence-electron chi connectivity index (χ4n) is 2.36. The minimum absolute atomic E-state index is 0.265. The zero-order valence-corrected chi connectivity index (χ0v) is 12.3. The molecule has 0 radical (unpaired) electrons. The van der Waals surface area contributed by atoms with Gasteiger partial charge < -0.3 is 5.32 Å². The quantitative estimate of drug-likeness (QED) is 0.757. The number of nitrogens with zero attached hydrogens (tertiary/aromatic N) is 3. The van der Waals surface area contributed by atoms with Gasteiger partial charge in [0.15, 0.2) is 0 Å². The summed E-state index contributed by atoms with van der Waals surface area (Å²) in [6, 6.07) is 6.44. The van der Waals surface area contributed by atoms with Crippen LogP contribution in [0.5, 0.6) is 0 Å². The first-order chi connectivity index (χ1) is 9.88. The van der Waals surface area contributed by atoms with Gasteiger partial charge in [0.25, 0.3) is 0 Å². The van der Waals surface area contributed by atoms with Crippen molar-refractivity contribution in [3.63, 3.8) is 0 Å². The van der Waals surface area contributed by atoms with Crippen molar-refractivity contribution in [1.29, 1.82) is 0 Å². The largest absolute Gasteiger partial charge is 0.309 e. The highest BCUT2D eigenvalue weighted by molar-refractivity contribution is 7.09. The summed E-state index contributed by atoms with van der Waals surface area (Å²) in [6.45, 7) is 3.18. The lowest BCUT2D eigenvalue weighted by molar-refractivity contribution is 0.531. The van der Waals surface area contributed by atoms with Gasteiger partial charge in [-0.25, -0.2) is 9.50 Å². The molecule has 20 heavy (non-hydrogen) atoms. The van der Waals surface area contributed by atoms with Crippen LogP contribution in [-0.2, 0) is 6.42 Å². The average molecular weight is 286 g/mol. The number of nitrogens with one attached hydrogen (secondary N) is 1. The van der Waals surface area contributed by atoms with Crippen LogP contribution in [0.25, 0.3) is 5.52 Å². The number of fused-ring (bicyclic) bond motifs is 1. The Balaban J connectivity index is 1.91. The molecule has 0 fully saturated rings. The van der Waals surface area contributed by atoms with Crippen LogP contribution in [0.3, 0.4) is 0 Å². The second kappa shape index (κ2) is 6.15. The van der Waals surface area contributed by atoms with Gasteiger partial charge in [0, 0.05) is 35.8 Å². The van der Waals surface area contributed by atoms with Crippen molar-refractivity contribution < 1.29 is 0 Å². The molecule has 104 valence electrons. The Labute approximate surface area is 122 Å². The minimum Gasteiger partial charge on any atom is -0.309 e. The maximum absolute atomic E-state index is 4.44. The number of hydrogen-bond acceptors (Lipinski definition) is 4. The van der Waals surface area contributed by atoms with Gasteiger partial charge in [-0.3, -0.25) is 0 Å². The van der Waals surface area contributed by atoms with Gasteiger partial charge in [0.05, 0.1) is 16.7 Å². The third-order valence-corrected chi connectivity index (χ3v) is 4.14. The SMILES string of the molecule is CCCNC(Cc1nccs1)c1cnn2ccccc12. The lowest BCUT2D eigenvalue weighted by atomic mass is 10.1. The van der Waals surface area contributed by atoms with Gasteiger partial charge in [0.1, 0.15) is 0 Å². The van der Waals surface area contributed by atoms with Crippen molar-refractivity contribution in [3.8, 4) is 0 Å². The third-order valence-electron chi connectivity index (χ3n) is 3.33. The van der Waals surface area contributed by atoms with Gasteiger partial charge >= 0.3 is 0 Å². The summed E-state index contributed by atoms with van der Waals surface area (Å²) in [4.78, 5) is 4.41. The first kappa shape index (κ1) is 13.3. The standard InChI is InChI=1S/C15H18N4S/c1-2-6-16-13(10-15-17-7-9-20-15)12-11-18-19-8-4-3-5-14(12)19/h3-5,7-9,11,13,16H,2,6,10H2,1H3. The van der Waals surface area contributed by atoms with Crippen molar-refractivity contribution in [2.45, 2.75) is 25.8 Å². The fourth-order valence-corrected chi connectivity index (χ4v) is 3.03. The molecule has 0 aromatic carbocycles. The smallest absolute Gasteiger partial charge is 0.0943 e. The van der Waals surface area contributed by atoms with E-state index in [1.807, 2.05) is 34.6 Å². The Kier molecular flexibility index (Phi) is 4.08. The van der Waals surface area contributed by atoms with Crippen molar-refractivity contribution in [3.05, 3.63) is 52.7 Å². The molecule has 1 N–H and O–H groups in total. The van der Waals surface area contributed by atoms with Gasteiger partial charge in [-0.1, -0.05) is 13.0 Å². The minimum atomic E-state index is 0.265. The fraction of sp³-hybridized carbons (Fsp3) is 0.333. The molecule has 3 aromatic heterocycles. The van der Waals surface area contributed by atoms with Crippen molar-refractivity contribution in [2.75, 3.05) is 6.54 Å². The summed E-state index contributed by atoms with van der Waals surface area (Å²) in [5.41, 5.74) is 2.41. The second-order valence-electron chi connectivity index (χ2n) is 4.77. The normalized spacial score (nSPS) is 12.8. The average Bonchev–Trinajstić information content (AvgIpc) is 3.12. The first-order valence-corrected chi connectivity index (χ1v) is 7.80. The molecule has 0 aliphatic rings. The molecule has 1 atom stereocenters. The molecule has 0 saturated carbocycles. The zero-order valence-electron chi connectivity index (χ0n) is 11.5. The van der Waals surface area contributed by atoms with E-state index in [9.17, 15) is 0 Å². The third kappa shape index (κ3) is 2.73. The summed E-state index contributed by atoms with van der Waals surface area (Å²) >= 11 is 1.71. The van der Waals surface area contributed by atoms with Gasteiger partial charge in [-0.05, 0) is 25.1 Å². The van der Waals surface area contributed by atoms with Crippen LogP contribution in [0.2, 0.25) is 0 Å². The lowest BCUT2D eigenvalue weighted by Crippen LogP contribution is -2.24. The summed E-state index contributed by atoms with van der Waals surface area (Å²) < 4.78 is 1.93. The lowest BCUT2D eigenvalue weighted by Gasteiger charge is -2.16. The maximum Gasteiger partial charge on any atom is 0.0943 e. The summed E-state index contributed by atoms with van der Waals surface area (Å²) in [7, 11) is 0. The molecule has 0 spiro atoms. The van der Waals surface area contributed by atoms with Crippen molar-refractivity contribution in [2.24, 2.45) is 0 Å². The van der Waals surface area contributed by atoms with Crippen molar-refractivity contribution in [1.82, 2.24) is 19.9 Å². The predicted molar refractivity (Wildman–Crippen MR) is 82.0 cm³/mol. The van der Waals surface area contributed by atoms with Crippen LogP contribution in [0.15, 0.2) is 42.2 Å². The van der Waals surface area contributed by atoms with E-state index in [4.69, 9.17) is 0 Å². The van der Waals surface area contributed by atoms with Crippen LogP contribution >= 0.6 is 11.3 Å². The molecule has 0 bridgehead atoms. The number of pyridine rings is 1. The monoisotopic (exact) mass is 286 g/mol. The topological polar surface area (TPSA) is 42.2 Å². The highest BCUT2D eigenvalue weighted by atomic mass is 32.1. The predicted octanol–water partition coefficient (Wildman–Crippen LogP) is 3.07. The molecular weight excluding hydrogens is 268 g/mol. The molecular formula is C15H18N4S. The van der Waals surface area contributed by atoms with Crippen LogP contribution in [0.4, 0.5) is 0 Å². The highest BCUT2D eigenvalue weighted by Crippen LogP contribution is 2.23. The maximum atomic E-state index is 4.44. The van der Waals surface area contributed by atoms with Crippen LogP contribution in [0.1, 0.15) is 30.0 Å². The Morgan fingerprint density at radius 2 is 2.35 bits per heavy atom. The Bertz CT molecular complexity index is 659. The zero-order chi connectivity index (χ0) is 13.8. The molecule has 0 aliphatic heterocycles. The van der Waals surface area contributed by atoms with Crippen LogP contribution < -0.4 is 5.32 Å². The number of rotatable bonds is 6. The van der Waals surface area contributed by atoms with E-state index in [1.54, 1.807) is 11.3 Å². The highest BCUT2D eigenvalue weighted by Gasteiger charge is 2.17. The molecule has 0 aliphatic carbocycles. The Hall–Kier alpha value is -1.72. The molecule has 0 amide bonds. The van der Waals surface area contributed by atoms with E-state index in [1.165, 1.54) is 5.56 Å². The summed E-state index contributed by atoms with van der Waals surface area (Å²) in [6.07, 6.45) is 7.85. The number of aromatic nitrogens is 3. The van der Waals surface area contributed by atoms with E-state index < -0.39 is 0 Å². The summed E-state index contributed by atoms with van der Waals surface area (Å²) in [5.74, 6) is 0. The van der Waals surface area contributed by atoms with Gasteiger partial charge in [-0.15, -0.1) is 11.3 Å². The number of hydrogen-bond donors (Lipinski definition) is 1. The molecule has 3 heterocycles. The van der Waals surface area contributed by atoms with Crippen molar-refractivity contribution >= 4 is 16.9 Å². The second-order valence-corrected chi connectivity index (χ2v) is 5.75. The molecule has 0 saturated heterocycles. The Morgan fingerprint density at radius 1 is 1.40 bits per heavy atom. The van der Waals surface area contributed by atoms with E-state index in [2.05, 4.69) is 34.5 Å². The molecule has 5 heteroatoms. The van der Waals surface area contributed by atoms with Crippen LogP contribution in [-0.4, -0.2) is 21.1 Å². The Morgan fingerprint density at radius 3 is 3.15 bits per heavy atom. The summed E-state index contributed by atoms with van der Waals surface area (Å²) in [5, 5.41) is 11.2. The van der Waals surface area contributed by atoms with Gasteiger partial charge in [0.2, 0.25) is 0 Å². The molecule has 3 rings (SSSR count). The van der Waals surface area contributed by atoms with Gasteiger partial charge in [-0.2, -0.15) is 5.10 Å². The number of thiazole rings is 1. The van der Waals surface area contributed by atoms with E-state index in [-0.39, 0.29) is 6.04 Å².